The number of non-ortho nitro benzene ring substituents is 1. The second kappa shape index (κ2) is 7.75. The number of nitro groups is 1. The molecule has 27 heavy (non-hydrogen) atoms. The smallest absolute Gasteiger partial charge is 0.270 e. The van der Waals surface area contributed by atoms with Gasteiger partial charge >= 0.3 is 0 Å². The van der Waals surface area contributed by atoms with Crippen LogP contribution in [0.3, 0.4) is 0 Å². The lowest BCUT2D eigenvalue weighted by Crippen LogP contribution is -2.30. The Morgan fingerprint density at radius 1 is 1.33 bits per heavy atom. The number of carbonyl (C=O) groups excluding carboxylic acids is 1. The maximum Gasteiger partial charge on any atom is 0.270 e. The van der Waals surface area contributed by atoms with Crippen molar-refractivity contribution in [2.45, 2.75) is 0 Å². The summed E-state index contributed by atoms with van der Waals surface area (Å²) < 4.78 is 1.66. The van der Waals surface area contributed by atoms with Crippen LogP contribution in [0, 0.1) is 10.1 Å². The third kappa shape index (κ3) is 4.15. The zero-order valence-corrected chi connectivity index (χ0v) is 14.9. The van der Waals surface area contributed by atoms with Crippen LogP contribution in [0.25, 0.3) is 16.8 Å². The van der Waals surface area contributed by atoms with Gasteiger partial charge in [-0.15, -0.1) is 0 Å². The fourth-order valence-corrected chi connectivity index (χ4v) is 2.62. The van der Waals surface area contributed by atoms with E-state index in [4.69, 9.17) is 0 Å². The largest absolute Gasteiger partial charge is 0.301 e. The predicted octanol–water partition coefficient (Wildman–Crippen LogP) is 1.92. The minimum atomic E-state index is -0.450. The molecule has 0 saturated carbocycles. The van der Waals surface area contributed by atoms with Gasteiger partial charge in [0.25, 0.3) is 11.6 Å². The van der Waals surface area contributed by atoms with Gasteiger partial charge in [-0.3, -0.25) is 14.9 Å². The van der Waals surface area contributed by atoms with E-state index in [2.05, 4.69) is 15.6 Å². The first-order valence-electron chi connectivity index (χ1n) is 8.14. The minimum Gasteiger partial charge on any atom is -0.301 e. The summed E-state index contributed by atoms with van der Waals surface area (Å²) in [6.07, 6.45) is 3.28. The molecule has 2 aromatic heterocycles. The van der Waals surface area contributed by atoms with Crippen molar-refractivity contribution in [3.05, 3.63) is 64.3 Å². The summed E-state index contributed by atoms with van der Waals surface area (Å²) in [7, 11) is 3.57. The van der Waals surface area contributed by atoms with Crippen LogP contribution in [0.2, 0.25) is 0 Å². The van der Waals surface area contributed by atoms with E-state index in [1.165, 1.54) is 18.3 Å². The topological polar surface area (TPSA) is 105 Å². The van der Waals surface area contributed by atoms with Gasteiger partial charge in [-0.1, -0.05) is 18.2 Å². The van der Waals surface area contributed by atoms with Crippen molar-refractivity contribution in [1.29, 1.82) is 0 Å². The van der Waals surface area contributed by atoms with E-state index in [9.17, 15) is 14.9 Å². The van der Waals surface area contributed by atoms with Gasteiger partial charge < -0.3 is 4.90 Å². The monoisotopic (exact) mass is 366 g/mol. The number of pyridine rings is 1. The summed E-state index contributed by atoms with van der Waals surface area (Å²) in [5.41, 5.74) is 5.00. The summed E-state index contributed by atoms with van der Waals surface area (Å²) in [5.74, 6) is -0.246. The van der Waals surface area contributed by atoms with Crippen LogP contribution in [0.1, 0.15) is 5.56 Å². The summed E-state index contributed by atoms with van der Waals surface area (Å²) in [4.78, 5) is 24.1. The molecular weight excluding hydrogens is 348 g/mol. The number of hydrazone groups is 1. The molecule has 0 aliphatic rings. The van der Waals surface area contributed by atoms with Crippen molar-refractivity contribution in [2.24, 2.45) is 5.10 Å². The van der Waals surface area contributed by atoms with Gasteiger partial charge in [0, 0.05) is 29.5 Å². The number of benzene rings is 1. The highest BCUT2D eigenvalue weighted by Crippen LogP contribution is 2.27. The molecule has 3 aromatic rings. The van der Waals surface area contributed by atoms with Crippen LogP contribution in [0.15, 0.2) is 53.8 Å². The number of amides is 1. The molecule has 0 aliphatic carbocycles. The highest BCUT2D eigenvalue weighted by molar-refractivity contribution is 5.97. The molecule has 1 N–H and O–H groups in total. The molecule has 0 unspecified atom stereocenters. The van der Waals surface area contributed by atoms with Crippen LogP contribution in [0.5, 0.6) is 0 Å². The zero-order valence-electron chi connectivity index (χ0n) is 14.9. The lowest BCUT2D eigenvalue weighted by molar-refractivity contribution is -0.384. The summed E-state index contributed by atoms with van der Waals surface area (Å²) >= 11 is 0. The number of aromatic nitrogens is 2. The van der Waals surface area contributed by atoms with Crippen molar-refractivity contribution in [2.75, 3.05) is 20.6 Å². The van der Waals surface area contributed by atoms with E-state index in [0.717, 1.165) is 5.52 Å². The molecule has 2 heterocycles. The number of hydrogen-bond acceptors (Lipinski definition) is 6. The van der Waals surface area contributed by atoms with Gasteiger partial charge in [-0.25, -0.2) is 9.94 Å². The van der Waals surface area contributed by atoms with Gasteiger partial charge in [-0.2, -0.15) is 10.2 Å². The Bertz CT molecular complexity index is 1020. The number of hydrogen-bond donors (Lipinski definition) is 1. The van der Waals surface area contributed by atoms with E-state index in [1.807, 2.05) is 18.2 Å². The summed E-state index contributed by atoms with van der Waals surface area (Å²) in [6.45, 7) is 0.212. The van der Waals surface area contributed by atoms with E-state index >= 15 is 0 Å². The molecule has 0 saturated heterocycles. The molecular formula is C18H18N6O3. The van der Waals surface area contributed by atoms with E-state index < -0.39 is 4.92 Å². The molecule has 0 bridgehead atoms. The predicted molar refractivity (Wildman–Crippen MR) is 102 cm³/mol. The fourth-order valence-electron chi connectivity index (χ4n) is 2.62. The first-order chi connectivity index (χ1) is 13.0. The maximum atomic E-state index is 11.8. The average molecular weight is 366 g/mol. The van der Waals surface area contributed by atoms with E-state index in [-0.39, 0.29) is 18.1 Å². The van der Waals surface area contributed by atoms with Gasteiger partial charge in [0.15, 0.2) is 0 Å². The zero-order chi connectivity index (χ0) is 19.4. The Hall–Kier alpha value is -3.59. The Kier molecular flexibility index (Phi) is 5.23. The lowest BCUT2D eigenvalue weighted by Gasteiger charge is -2.06. The molecule has 9 nitrogen and oxygen atoms in total. The second-order valence-electron chi connectivity index (χ2n) is 6.13. The molecule has 0 atom stereocenters. The highest BCUT2D eigenvalue weighted by Gasteiger charge is 2.15. The third-order valence-electron chi connectivity index (χ3n) is 3.75. The quantitative estimate of drug-likeness (QED) is 0.408. The van der Waals surface area contributed by atoms with Crippen LogP contribution < -0.4 is 5.43 Å². The Labute approximate surface area is 155 Å². The van der Waals surface area contributed by atoms with Crippen LogP contribution >= 0.6 is 0 Å². The number of nitro benzene ring substituents is 1. The van der Waals surface area contributed by atoms with Crippen LogP contribution in [-0.4, -0.2) is 52.2 Å². The second-order valence-corrected chi connectivity index (χ2v) is 6.13. The highest BCUT2D eigenvalue weighted by atomic mass is 16.6. The Balaban J connectivity index is 2.01. The molecule has 9 heteroatoms. The molecule has 0 spiro atoms. The Morgan fingerprint density at radius 2 is 2.15 bits per heavy atom. The number of nitrogens with zero attached hydrogens (tertiary/aromatic N) is 5. The molecule has 0 radical (unpaired) electrons. The minimum absolute atomic E-state index is 0.0215. The van der Waals surface area contributed by atoms with Crippen molar-refractivity contribution in [1.82, 2.24) is 19.9 Å². The van der Waals surface area contributed by atoms with E-state index in [1.54, 1.807) is 41.8 Å². The molecule has 138 valence electrons. The molecule has 0 fully saturated rings. The molecule has 0 aliphatic heterocycles. The van der Waals surface area contributed by atoms with Crippen LogP contribution in [-0.2, 0) is 4.79 Å². The number of carbonyl (C=O) groups is 1. The molecule has 1 aromatic carbocycles. The van der Waals surface area contributed by atoms with Crippen molar-refractivity contribution in [3.8, 4) is 11.3 Å². The summed E-state index contributed by atoms with van der Waals surface area (Å²) in [5, 5.41) is 19.6. The summed E-state index contributed by atoms with van der Waals surface area (Å²) in [6, 6.07) is 11.8. The van der Waals surface area contributed by atoms with Crippen LogP contribution in [0.4, 0.5) is 5.69 Å². The van der Waals surface area contributed by atoms with Gasteiger partial charge in [0.1, 0.15) is 5.69 Å². The first kappa shape index (κ1) is 18.2. The number of rotatable bonds is 6. The third-order valence-corrected chi connectivity index (χ3v) is 3.75. The van der Waals surface area contributed by atoms with Gasteiger partial charge in [0.2, 0.25) is 0 Å². The number of likely N-dealkylation sites (N-methyl/N-ethyl adjacent to an activating group) is 1. The maximum absolute atomic E-state index is 11.8. The van der Waals surface area contributed by atoms with Gasteiger partial charge in [-0.05, 0) is 26.2 Å². The first-order valence-corrected chi connectivity index (χ1v) is 8.14. The average Bonchev–Trinajstić information content (AvgIpc) is 3.00. The fraction of sp³-hybridized carbons (Fsp3) is 0.167. The van der Waals surface area contributed by atoms with Gasteiger partial charge in [0.05, 0.1) is 23.2 Å². The standard InChI is InChI=1S/C18H18N6O3/c1-22(2)12-17(25)20-19-11-15-16-8-3-4-9-23(16)21-18(15)13-6-5-7-14(10-13)24(26)27/h3-11H,12H2,1-2H3,(H,20,25). The van der Waals surface area contributed by atoms with Crippen molar-refractivity contribution < 1.29 is 9.72 Å². The van der Waals surface area contributed by atoms with Crippen molar-refractivity contribution in [3.63, 3.8) is 0 Å². The van der Waals surface area contributed by atoms with E-state index in [0.29, 0.717) is 16.8 Å². The Morgan fingerprint density at radius 3 is 2.89 bits per heavy atom. The normalized spacial score (nSPS) is 11.4. The lowest BCUT2D eigenvalue weighted by atomic mass is 10.1. The van der Waals surface area contributed by atoms with Crippen molar-refractivity contribution >= 4 is 23.3 Å². The molecule has 3 rings (SSSR count). The number of nitrogens with one attached hydrogen (secondary N) is 1. The molecule has 1 amide bonds. The SMILES string of the molecule is CN(C)CC(=O)NN=Cc1c(-c2cccc([N+](=O)[O-])c2)nn2ccccc12. The number of fused-ring (bicyclic) bond motifs is 1.